The van der Waals surface area contributed by atoms with Crippen LogP contribution < -0.4 is 0 Å². The van der Waals surface area contributed by atoms with Gasteiger partial charge in [0.1, 0.15) is 5.69 Å². The summed E-state index contributed by atoms with van der Waals surface area (Å²) in [6.07, 6.45) is 4.39. The highest BCUT2D eigenvalue weighted by Gasteiger charge is 2.26. The van der Waals surface area contributed by atoms with Crippen LogP contribution in [0.2, 0.25) is 0 Å². The number of aldehydes is 1. The molecule has 1 heterocycles. The van der Waals surface area contributed by atoms with Gasteiger partial charge in [-0.3, -0.25) is 9.48 Å². The van der Waals surface area contributed by atoms with Crippen LogP contribution in [0.3, 0.4) is 0 Å². The fraction of sp³-hybridized carbons (Fsp3) is 0.625. The number of rotatable bonds is 2. The highest BCUT2D eigenvalue weighted by Crippen LogP contribution is 2.36. The van der Waals surface area contributed by atoms with Crippen LogP contribution in [0.1, 0.15) is 41.4 Å². The topological polar surface area (TPSA) is 47.8 Å². The SMILES string of the molecule is Cn1nnc(C=O)c1C1CCC1. The summed E-state index contributed by atoms with van der Waals surface area (Å²) in [5.41, 5.74) is 1.53. The van der Waals surface area contributed by atoms with E-state index in [-0.39, 0.29) is 0 Å². The fourth-order valence-electron chi connectivity index (χ4n) is 1.62. The van der Waals surface area contributed by atoms with Gasteiger partial charge in [0, 0.05) is 13.0 Å². The molecular weight excluding hydrogens is 154 g/mol. The first-order chi connectivity index (χ1) is 5.83. The number of aryl methyl sites for hydroxylation is 1. The van der Waals surface area contributed by atoms with E-state index in [4.69, 9.17) is 0 Å². The first-order valence-corrected chi connectivity index (χ1v) is 4.17. The lowest BCUT2D eigenvalue weighted by Crippen LogP contribution is -2.14. The molecule has 1 aliphatic rings. The predicted molar refractivity (Wildman–Crippen MR) is 43.0 cm³/mol. The smallest absolute Gasteiger partial charge is 0.172 e. The number of hydrogen-bond acceptors (Lipinski definition) is 3. The lowest BCUT2D eigenvalue weighted by molar-refractivity contribution is 0.111. The first-order valence-electron chi connectivity index (χ1n) is 4.17. The van der Waals surface area contributed by atoms with Gasteiger partial charge in [0.25, 0.3) is 0 Å². The number of hydrogen-bond donors (Lipinski definition) is 0. The molecule has 1 aromatic heterocycles. The predicted octanol–water partition coefficient (Wildman–Crippen LogP) is 0.895. The molecule has 0 radical (unpaired) electrons. The molecule has 4 heteroatoms. The number of carbonyl (C=O) groups excluding carboxylic acids is 1. The normalized spacial score (nSPS) is 17.4. The van der Waals surface area contributed by atoms with Crippen LogP contribution >= 0.6 is 0 Å². The number of aromatic nitrogens is 3. The third-order valence-corrected chi connectivity index (χ3v) is 2.50. The maximum atomic E-state index is 10.6. The molecule has 0 spiro atoms. The molecule has 12 heavy (non-hydrogen) atoms. The van der Waals surface area contributed by atoms with Crippen molar-refractivity contribution in [2.45, 2.75) is 25.2 Å². The van der Waals surface area contributed by atoms with Gasteiger partial charge in [0.05, 0.1) is 5.69 Å². The van der Waals surface area contributed by atoms with Crippen LogP contribution in [-0.2, 0) is 7.05 Å². The highest BCUT2D eigenvalue weighted by molar-refractivity contribution is 5.73. The van der Waals surface area contributed by atoms with Crippen LogP contribution in [0.5, 0.6) is 0 Å². The van der Waals surface area contributed by atoms with Crippen molar-refractivity contribution in [2.24, 2.45) is 7.05 Å². The van der Waals surface area contributed by atoms with Gasteiger partial charge in [-0.05, 0) is 12.8 Å². The summed E-state index contributed by atoms with van der Waals surface area (Å²) < 4.78 is 1.72. The maximum absolute atomic E-state index is 10.6. The van der Waals surface area contributed by atoms with Gasteiger partial charge in [0.15, 0.2) is 6.29 Å². The van der Waals surface area contributed by atoms with Crippen molar-refractivity contribution in [3.05, 3.63) is 11.4 Å². The van der Waals surface area contributed by atoms with Gasteiger partial charge in [-0.2, -0.15) is 0 Å². The van der Waals surface area contributed by atoms with E-state index in [1.807, 2.05) is 7.05 Å². The average Bonchev–Trinajstić information content (AvgIpc) is 2.30. The number of nitrogens with zero attached hydrogens (tertiary/aromatic N) is 3. The van der Waals surface area contributed by atoms with E-state index in [1.54, 1.807) is 4.68 Å². The van der Waals surface area contributed by atoms with Crippen molar-refractivity contribution in [3.63, 3.8) is 0 Å². The van der Waals surface area contributed by atoms with Gasteiger partial charge in [0.2, 0.25) is 0 Å². The van der Waals surface area contributed by atoms with Gasteiger partial charge in [-0.1, -0.05) is 11.6 Å². The molecule has 0 bridgehead atoms. The Kier molecular flexibility index (Phi) is 1.67. The lowest BCUT2D eigenvalue weighted by atomic mass is 9.82. The third kappa shape index (κ3) is 0.948. The largest absolute Gasteiger partial charge is 0.296 e. The fourth-order valence-corrected chi connectivity index (χ4v) is 1.62. The van der Waals surface area contributed by atoms with Gasteiger partial charge < -0.3 is 0 Å². The Bertz CT molecular complexity index is 301. The van der Waals surface area contributed by atoms with E-state index >= 15 is 0 Å². The zero-order valence-corrected chi connectivity index (χ0v) is 7.03. The zero-order valence-electron chi connectivity index (χ0n) is 7.03. The third-order valence-electron chi connectivity index (χ3n) is 2.50. The monoisotopic (exact) mass is 165 g/mol. The van der Waals surface area contributed by atoms with Crippen molar-refractivity contribution >= 4 is 6.29 Å². The first kappa shape index (κ1) is 7.46. The molecule has 0 atom stereocenters. The Morgan fingerprint density at radius 2 is 2.33 bits per heavy atom. The lowest BCUT2D eigenvalue weighted by Gasteiger charge is -2.25. The molecule has 2 rings (SSSR count). The number of carbonyl (C=O) groups is 1. The van der Waals surface area contributed by atoms with Crippen molar-refractivity contribution in [2.75, 3.05) is 0 Å². The molecule has 0 aromatic carbocycles. The van der Waals surface area contributed by atoms with Gasteiger partial charge >= 0.3 is 0 Å². The van der Waals surface area contributed by atoms with Crippen molar-refractivity contribution in [1.82, 2.24) is 15.0 Å². The summed E-state index contributed by atoms with van der Waals surface area (Å²) >= 11 is 0. The second kappa shape index (κ2) is 2.69. The standard InChI is InChI=1S/C8H11N3O/c1-11-8(6-3-2-4-6)7(5-12)9-10-11/h5-6H,2-4H2,1H3. The van der Waals surface area contributed by atoms with Crippen LogP contribution in [-0.4, -0.2) is 21.3 Å². The zero-order chi connectivity index (χ0) is 8.55. The molecule has 1 aromatic rings. The quantitative estimate of drug-likeness (QED) is 0.611. The van der Waals surface area contributed by atoms with E-state index in [1.165, 1.54) is 19.3 Å². The average molecular weight is 165 g/mol. The van der Waals surface area contributed by atoms with Crippen LogP contribution in [0.4, 0.5) is 0 Å². The molecule has 0 N–H and O–H groups in total. The minimum Gasteiger partial charge on any atom is -0.296 e. The van der Waals surface area contributed by atoms with Crippen molar-refractivity contribution in [1.29, 1.82) is 0 Å². The Hall–Kier alpha value is -1.19. The molecular formula is C8H11N3O. The van der Waals surface area contributed by atoms with Gasteiger partial charge in [-0.25, -0.2) is 0 Å². The minimum atomic E-state index is 0.516. The van der Waals surface area contributed by atoms with Crippen LogP contribution in [0, 0.1) is 0 Å². The van der Waals surface area contributed by atoms with E-state index in [2.05, 4.69) is 10.3 Å². The Morgan fingerprint density at radius 1 is 1.58 bits per heavy atom. The molecule has 64 valence electrons. The summed E-state index contributed by atoms with van der Waals surface area (Å²) in [4.78, 5) is 10.6. The molecule has 0 aliphatic heterocycles. The highest BCUT2D eigenvalue weighted by atomic mass is 16.1. The van der Waals surface area contributed by atoms with E-state index < -0.39 is 0 Å². The van der Waals surface area contributed by atoms with Gasteiger partial charge in [-0.15, -0.1) is 5.10 Å². The van der Waals surface area contributed by atoms with E-state index in [9.17, 15) is 4.79 Å². The molecule has 1 aliphatic carbocycles. The Labute approximate surface area is 70.6 Å². The molecule has 1 saturated carbocycles. The van der Waals surface area contributed by atoms with E-state index in [0.29, 0.717) is 11.6 Å². The van der Waals surface area contributed by atoms with Crippen LogP contribution in [0.15, 0.2) is 0 Å². The summed E-state index contributed by atoms with van der Waals surface area (Å²) in [5, 5.41) is 7.61. The molecule has 0 saturated heterocycles. The summed E-state index contributed by atoms with van der Waals surface area (Å²) in [5.74, 6) is 0.519. The Balaban J connectivity index is 2.37. The molecule has 0 unspecified atom stereocenters. The minimum absolute atomic E-state index is 0.516. The second-order valence-corrected chi connectivity index (χ2v) is 3.23. The molecule has 0 amide bonds. The summed E-state index contributed by atoms with van der Waals surface area (Å²) in [6.45, 7) is 0. The van der Waals surface area contributed by atoms with Crippen LogP contribution in [0.25, 0.3) is 0 Å². The van der Waals surface area contributed by atoms with E-state index in [0.717, 1.165) is 12.0 Å². The molecule has 1 fully saturated rings. The summed E-state index contributed by atoms with van der Waals surface area (Å²) in [6, 6.07) is 0. The maximum Gasteiger partial charge on any atom is 0.172 e. The molecule has 4 nitrogen and oxygen atoms in total. The van der Waals surface area contributed by atoms with Crippen molar-refractivity contribution in [3.8, 4) is 0 Å². The summed E-state index contributed by atoms with van der Waals surface area (Å²) in [7, 11) is 1.84. The van der Waals surface area contributed by atoms with Crippen molar-refractivity contribution < 1.29 is 4.79 Å². The Morgan fingerprint density at radius 3 is 2.83 bits per heavy atom. The second-order valence-electron chi connectivity index (χ2n) is 3.23.